The van der Waals surface area contributed by atoms with Gasteiger partial charge in [0.1, 0.15) is 0 Å². The predicted octanol–water partition coefficient (Wildman–Crippen LogP) is 2.80. The highest BCUT2D eigenvalue weighted by Gasteiger charge is 2.19. The van der Waals surface area contributed by atoms with E-state index >= 15 is 0 Å². The molecule has 0 saturated carbocycles. The van der Waals surface area contributed by atoms with Crippen molar-refractivity contribution in [2.24, 2.45) is 0 Å². The molecule has 1 aromatic carbocycles. The summed E-state index contributed by atoms with van der Waals surface area (Å²) in [6, 6.07) is 7.64. The first-order chi connectivity index (χ1) is 10.9. The van der Waals surface area contributed by atoms with Crippen LogP contribution in [0.4, 0.5) is 0 Å². The topological polar surface area (TPSA) is 67.2 Å². The summed E-state index contributed by atoms with van der Waals surface area (Å²) < 4.78 is 1.77. The Morgan fingerprint density at radius 3 is 2.65 bits per heavy atom. The molecule has 2 N–H and O–H groups in total. The van der Waals surface area contributed by atoms with E-state index < -0.39 is 6.10 Å². The molecule has 0 aliphatic rings. The zero-order valence-corrected chi connectivity index (χ0v) is 14.2. The van der Waals surface area contributed by atoms with Crippen LogP contribution in [-0.4, -0.2) is 27.3 Å². The van der Waals surface area contributed by atoms with E-state index in [0.29, 0.717) is 5.56 Å². The smallest absolute Gasteiger partial charge is 0.254 e. The SMILES string of the molecule is CCn1cc(C(=O)NCC(O)c2ccccc2C)c(C(C)C)n1. The molecule has 1 heterocycles. The number of aliphatic hydroxyl groups excluding tert-OH is 1. The molecule has 0 radical (unpaired) electrons. The second-order valence-electron chi connectivity index (χ2n) is 6.02. The molecule has 0 aliphatic heterocycles. The van der Waals surface area contributed by atoms with Crippen molar-refractivity contribution in [2.75, 3.05) is 6.54 Å². The summed E-state index contributed by atoms with van der Waals surface area (Å²) >= 11 is 0. The van der Waals surface area contributed by atoms with Crippen LogP contribution in [0.1, 0.15) is 60.0 Å². The molecular weight excluding hydrogens is 290 g/mol. The Morgan fingerprint density at radius 2 is 2.04 bits per heavy atom. The van der Waals surface area contributed by atoms with E-state index in [-0.39, 0.29) is 18.4 Å². The summed E-state index contributed by atoms with van der Waals surface area (Å²) in [5, 5.41) is 17.5. The van der Waals surface area contributed by atoms with Gasteiger partial charge in [0.2, 0.25) is 0 Å². The fourth-order valence-corrected chi connectivity index (χ4v) is 2.55. The number of nitrogens with zero attached hydrogens (tertiary/aromatic N) is 2. The molecule has 0 fully saturated rings. The number of nitrogens with one attached hydrogen (secondary N) is 1. The van der Waals surface area contributed by atoms with Crippen molar-refractivity contribution in [1.82, 2.24) is 15.1 Å². The highest BCUT2D eigenvalue weighted by molar-refractivity contribution is 5.95. The Bertz CT molecular complexity index is 677. The van der Waals surface area contributed by atoms with Crippen LogP contribution >= 0.6 is 0 Å². The van der Waals surface area contributed by atoms with Gasteiger partial charge in [0.15, 0.2) is 0 Å². The molecule has 0 saturated heterocycles. The number of aromatic nitrogens is 2. The van der Waals surface area contributed by atoms with Gasteiger partial charge in [-0.05, 0) is 30.9 Å². The van der Waals surface area contributed by atoms with Gasteiger partial charge in [-0.2, -0.15) is 5.10 Å². The minimum absolute atomic E-state index is 0.171. The van der Waals surface area contributed by atoms with Crippen molar-refractivity contribution in [2.45, 2.75) is 46.3 Å². The molecule has 1 atom stereocenters. The molecule has 1 amide bonds. The third-order valence-electron chi connectivity index (χ3n) is 3.91. The highest BCUT2D eigenvalue weighted by Crippen LogP contribution is 2.19. The van der Waals surface area contributed by atoms with Gasteiger partial charge in [-0.1, -0.05) is 38.1 Å². The maximum absolute atomic E-state index is 12.4. The first kappa shape index (κ1) is 17.2. The van der Waals surface area contributed by atoms with E-state index in [4.69, 9.17) is 0 Å². The number of benzene rings is 1. The molecule has 5 nitrogen and oxygen atoms in total. The zero-order chi connectivity index (χ0) is 17.0. The normalized spacial score (nSPS) is 12.4. The van der Waals surface area contributed by atoms with Crippen LogP contribution < -0.4 is 5.32 Å². The lowest BCUT2D eigenvalue weighted by Gasteiger charge is -2.14. The molecule has 0 spiro atoms. The summed E-state index contributed by atoms with van der Waals surface area (Å²) in [6.45, 7) is 8.86. The van der Waals surface area contributed by atoms with Crippen LogP contribution in [-0.2, 0) is 6.54 Å². The van der Waals surface area contributed by atoms with Crippen molar-refractivity contribution < 1.29 is 9.90 Å². The first-order valence-corrected chi connectivity index (χ1v) is 8.03. The Morgan fingerprint density at radius 1 is 1.35 bits per heavy atom. The molecule has 5 heteroatoms. The molecule has 124 valence electrons. The van der Waals surface area contributed by atoms with Crippen LogP contribution in [0.3, 0.4) is 0 Å². The van der Waals surface area contributed by atoms with Gasteiger partial charge in [0.25, 0.3) is 5.91 Å². The molecule has 1 aromatic heterocycles. The maximum Gasteiger partial charge on any atom is 0.254 e. The summed E-state index contributed by atoms with van der Waals surface area (Å²) in [5.74, 6) is -0.0223. The van der Waals surface area contributed by atoms with E-state index in [2.05, 4.69) is 10.4 Å². The minimum atomic E-state index is -0.719. The van der Waals surface area contributed by atoms with Crippen LogP contribution in [0.15, 0.2) is 30.5 Å². The lowest BCUT2D eigenvalue weighted by molar-refractivity contribution is 0.0914. The second kappa shape index (κ2) is 7.42. The van der Waals surface area contributed by atoms with E-state index in [9.17, 15) is 9.90 Å². The average molecular weight is 315 g/mol. The van der Waals surface area contributed by atoms with Crippen molar-refractivity contribution in [3.05, 3.63) is 52.8 Å². The van der Waals surface area contributed by atoms with Crippen LogP contribution in [0.25, 0.3) is 0 Å². The average Bonchev–Trinajstić information content (AvgIpc) is 2.97. The highest BCUT2D eigenvalue weighted by atomic mass is 16.3. The third-order valence-corrected chi connectivity index (χ3v) is 3.91. The lowest BCUT2D eigenvalue weighted by Crippen LogP contribution is -2.29. The van der Waals surface area contributed by atoms with Crippen LogP contribution in [0.2, 0.25) is 0 Å². The number of carbonyl (C=O) groups excluding carboxylic acids is 1. The molecule has 0 bridgehead atoms. The summed E-state index contributed by atoms with van der Waals surface area (Å²) in [5.41, 5.74) is 3.21. The Balaban J connectivity index is 2.08. The fraction of sp³-hybridized carbons (Fsp3) is 0.444. The Labute approximate surface area is 137 Å². The quantitative estimate of drug-likeness (QED) is 0.861. The first-order valence-electron chi connectivity index (χ1n) is 8.03. The number of hydrogen-bond acceptors (Lipinski definition) is 3. The van der Waals surface area contributed by atoms with Gasteiger partial charge in [0, 0.05) is 19.3 Å². The fourth-order valence-electron chi connectivity index (χ4n) is 2.55. The van der Waals surface area contributed by atoms with Gasteiger partial charge < -0.3 is 10.4 Å². The molecule has 1 unspecified atom stereocenters. The van der Waals surface area contributed by atoms with Crippen LogP contribution in [0.5, 0.6) is 0 Å². The lowest BCUT2D eigenvalue weighted by atomic mass is 10.0. The third kappa shape index (κ3) is 3.99. The van der Waals surface area contributed by atoms with Crippen molar-refractivity contribution in [1.29, 1.82) is 0 Å². The van der Waals surface area contributed by atoms with Gasteiger partial charge in [-0.15, -0.1) is 0 Å². The maximum atomic E-state index is 12.4. The van der Waals surface area contributed by atoms with Crippen molar-refractivity contribution in [3.8, 4) is 0 Å². The number of amides is 1. The van der Waals surface area contributed by atoms with E-state index in [1.165, 1.54) is 0 Å². The van der Waals surface area contributed by atoms with Gasteiger partial charge in [0.05, 0.1) is 17.4 Å². The van der Waals surface area contributed by atoms with Gasteiger partial charge >= 0.3 is 0 Å². The summed E-state index contributed by atoms with van der Waals surface area (Å²) in [4.78, 5) is 12.4. The summed E-state index contributed by atoms with van der Waals surface area (Å²) in [6.07, 6.45) is 1.05. The predicted molar refractivity (Wildman–Crippen MR) is 90.5 cm³/mol. The summed E-state index contributed by atoms with van der Waals surface area (Å²) in [7, 11) is 0. The molecule has 0 aliphatic carbocycles. The number of carbonyl (C=O) groups is 1. The number of aryl methyl sites for hydroxylation is 2. The Kier molecular flexibility index (Phi) is 5.55. The van der Waals surface area contributed by atoms with Crippen LogP contribution in [0, 0.1) is 6.92 Å². The van der Waals surface area contributed by atoms with E-state index in [1.807, 2.05) is 52.0 Å². The molecule has 2 aromatic rings. The van der Waals surface area contributed by atoms with Gasteiger partial charge in [-0.25, -0.2) is 0 Å². The Hall–Kier alpha value is -2.14. The zero-order valence-electron chi connectivity index (χ0n) is 14.2. The molecular formula is C18H25N3O2. The monoisotopic (exact) mass is 315 g/mol. The second-order valence-corrected chi connectivity index (χ2v) is 6.02. The van der Waals surface area contributed by atoms with Crippen molar-refractivity contribution in [3.63, 3.8) is 0 Å². The van der Waals surface area contributed by atoms with Gasteiger partial charge in [-0.3, -0.25) is 9.48 Å². The van der Waals surface area contributed by atoms with E-state index in [0.717, 1.165) is 23.4 Å². The molecule has 23 heavy (non-hydrogen) atoms. The minimum Gasteiger partial charge on any atom is -0.387 e. The molecule has 2 rings (SSSR count). The number of hydrogen-bond donors (Lipinski definition) is 2. The standard InChI is InChI=1S/C18H25N3O2/c1-5-21-11-15(17(20-21)12(2)3)18(23)19-10-16(22)14-9-7-6-8-13(14)4/h6-9,11-12,16,22H,5,10H2,1-4H3,(H,19,23). The van der Waals surface area contributed by atoms with Crippen molar-refractivity contribution >= 4 is 5.91 Å². The number of rotatable bonds is 6. The number of aliphatic hydroxyl groups is 1. The largest absolute Gasteiger partial charge is 0.387 e. The van der Waals surface area contributed by atoms with E-state index in [1.54, 1.807) is 10.9 Å².